The van der Waals surface area contributed by atoms with Gasteiger partial charge in [0.1, 0.15) is 12.0 Å². The van der Waals surface area contributed by atoms with Crippen LogP contribution in [-0.4, -0.2) is 74.4 Å². The third-order valence-corrected chi connectivity index (χ3v) is 3.29. The van der Waals surface area contributed by atoms with Crippen molar-refractivity contribution in [3.05, 3.63) is 18.0 Å². The highest BCUT2D eigenvalue weighted by molar-refractivity contribution is 14.0. The van der Waals surface area contributed by atoms with Gasteiger partial charge in [0, 0.05) is 39.8 Å². The molecule has 1 fully saturated rings. The van der Waals surface area contributed by atoms with Gasteiger partial charge in [0.2, 0.25) is 0 Å². The number of guanidine groups is 1. The number of rotatable bonds is 4. The summed E-state index contributed by atoms with van der Waals surface area (Å²) >= 11 is 0. The minimum Gasteiger partial charge on any atom is -0.374 e. The zero-order chi connectivity index (χ0) is 14.4. The summed E-state index contributed by atoms with van der Waals surface area (Å²) in [6, 6.07) is 1.85. The zero-order valence-electron chi connectivity index (χ0n) is 12.8. The Morgan fingerprint density at radius 2 is 2.43 bits per heavy atom. The number of morpholine rings is 1. The number of nitrogens with zero attached hydrogens (tertiary/aromatic N) is 4. The molecule has 1 N–H and O–H groups in total. The van der Waals surface area contributed by atoms with E-state index in [1.54, 1.807) is 13.3 Å². The fourth-order valence-corrected chi connectivity index (χ4v) is 2.22. The molecule has 0 aliphatic carbocycles. The fraction of sp³-hybridized carbons (Fsp3) is 0.692. The van der Waals surface area contributed by atoms with Gasteiger partial charge in [-0.2, -0.15) is 0 Å². The van der Waals surface area contributed by atoms with Crippen molar-refractivity contribution < 1.29 is 9.26 Å². The number of nitrogens with one attached hydrogen (secondary N) is 1. The Labute approximate surface area is 142 Å². The maximum Gasteiger partial charge on any atom is 0.193 e. The Morgan fingerprint density at radius 3 is 3.05 bits per heavy atom. The lowest BCUT2D eigenvalue weighted by Crippen LogP contribution is -2.48. The summed E-state index contributed by atoms with van der Waals surface area (Å²) in [6.07, 6.45) is 1.77. The highest BCUT2D eigenvalue weighted by Crippen LogP contribution is 2.03. The van der Waals surface area contributed by atoms with Gasteiger partial charge in [0.15, 0.2) is 5.96 Å². The van der Waals surface area contributed by atoms with E-state index >= 15 is 0 Å². The van der Waals surface area contributed by atoms with Crippen LogP contribution in [0.15, 0.2) is 21.8 Å². The highest BCUT2D eigenvalue weighted by atomic mass is 127. The number of aliphatic imine (C=N–C) groups is 1. The molecular weight excluding hydrogens is 385 g/mol. The fourth-order valence-electron chi connectivity index (χ4n) is 2.22. The van der Waals surface area contributed by atoms with Gasteiger partial charge in [-0.05, 0) is 7.05 Å². The highest BCUT2D eigenvalue weighted by Gasteiger charge is 2.18. The molecule has 0 saturated carbocycles. The first kappa shape index (κ1) is 18.2. The molecule has 0 aromatic carbocycles. The quantitative estimate of drug-likeness (QED) is 0.447. The monoisotopic (exact) mass is 409 g/mol. The van der Waals surface area contributed by atoms with E-state index in [0.29, 0.717) is 6.54 Å². The average molecular weight is 409 g/mol. The van der Waals surface area contributed by atoms with Crippen LogP contribution in [0, 0.1) is 0 Å². The van der Waals surface area contributed by atoms with E-state index < -0.39 is 0 Å². The van der Waals surface area contributed by atoms with Crippen LogP contribution >= 0.6 is 24.0 Å². The predicted molar refractivity (Wildman–Crippen MR) is 92.0 cm³/mol. The lowest BCUT2D eigenvalue weighted by molar-refractivity contribution is -0.0163. The molecule has 7 nitrogen and oxygen atoms in total. The van der Waals surface area contributed by atoms with Crippen LogP contribution in [0.2, 0.25) is 0 Å². The summed E-state index contributed by atoms with van der Waals surface area (Å²) in [5.74, 6) is 0.824. The van der Waals surface area contributed by atoms with Crippen LogP contribution in [0.1, 0.15) is 5.69 Å². The van der Waals surface area contributed by atoms with Gasteiger partial charge in [-0.3, -0.25) is 4.99 Å². The lowest BCUT2D eigenvalue weighted by atomic mass is 10.3. The summed E-state index contributed by atoms with van der Waals surface area (Å²) in [4.78, 5) is 8.56. The minimum absolute atomic E-state index is 0. The van der Waals surface area contributed by atoms with Crippen LogP contribution in [-0.2, 0) is 11.3 Å². The van der Waals surface area contributed by atoms with Gasteiger partial charge in [0.05, 0.1) is 19.3 Å². The Hall–Kier alpha value is -0.870. The topological polar surface area (TPSA) is 66.1 Å². The van der Waals surface area contributed by atoms with Crippen molar-refractivity contribution >= 4 is 29.9 Å². The molecular formula is C13H24IN5O2. The van der Waals surface area contributed by atoms with Crippen molar-refractivity contribution in [2.24, 2.45) is 4.99 Å². The van der Waals surface area contributed by atoms with Gasteiger partial charge in [-0.25, -0.2) is 0 Å². The molecule has 120 valence electrons. The van der Waals surface area contributed by atoms with E-state index in [4.69, 9.17) is 9.26 Å². The van der Waals surface area contributed by atoms with E-state index in [1.807, 2.05) is 18.0 Å². The SMILES string of the molecule is CN=C(NCC1CN(C)CCO1)N(C)Cc1ccon1.I. The van der Waals surface area contributed by atoms with Crippen LogP contribution in [0.3, 0.4) is 0 Å². The molecule has 2 rings (SSSR count). The maximum atomic E-state index is 5.72. The number of hydrogen-bond donors (Lipinski definition) is 1. The van der Waals surface area contributed by atoms with Crippen LogP contribution < -0.4 is 5.32 Å². The molecule has 0 amide bonds. The minimum atomic E-state index is 0. The standard InChI is InChI=1S/C13H23N5O2.HI/c1-14-13(18(3)9-11-4-6-20-16-11)15-8-12-10-17(2)5-7-19-12;/h4,6,12H,5,7-10H2,1-3H3,(H,14,15);1H. The van der Waals surface area contributed by atoms with Crippen LogP contribution in [0.5, 0.6) is 0 Å². The van der Waals surface area contributed by atoms with Crippen molar-refractivity contribution in [3.63, 3.8) is 0 Å². The second-order valence-corrected chi connectivity index (χ2v) is 5.03. The van der Waals surface area contributed by atoms with Crippen LogP contribution in [0.4, 0.5) is 0 Å². The molecule has 1 saturated heterocycles. The molecule has 1 atom stereocenters. The zero-order valence-corrected chi connectivity index (χ0v) is 15.1. The normalized spacial score (nSPS) is 20.0. The third-order valence-electron chi connectivity index (χ3n) is 3.29. The first-order valence-corrected chi connectivity index (χ1v) is 6.80. The summed E-state index contributed by atoms with van der Waals surface area (Å²) in [5, 5.41) is 7.24. The lowest BCUT2D eigenvalue weighted by Gasteiger charge is -2.31. The molecule has 1 aliphatic rings. The molecule has 1 aliphatic heterocycles. The maximum absolute atomic E-state index is 5.72. The molecule has 1 unspecified atom stereocenters. The van der Waals surface area contributed by atoms with Gasteiger partial charge in [-0.15, -0.1) is 24.0 Å². The number of aromatic nitrogens is 1. The molecule has 0 bridgehead atoms. The number of halogens is 1. The predicted octanol–water partition coefficient (Wildman–Crippen LogP) is 0.630. The van der Waals surface area contributed by atoms with Gasteiger partial charge < -0.3 is 24.4 Å². The number of ether oxygens (including phenoxy) is 1. The van der Waals surface area contributed by atoms with Gasteiger partial charge >= 0.3 is 0 Å². The molecule has 8 heteroatoms. The Kier molecular flexibility index (Phi) is 7.97. The molecule has 0 spiro atoms. The van der Waals surface area contributed by atoms with Crippen LogP contribution in [0.25, 0.3) is 0 Å². The van der Waals surface area contributed by atoms with Crippen molar-refractivity contribution in [2.75, 3.05) is 47.4 Å². The second-order valence-electron chi connectivity index (χ2n) is 5.03. The molecule has 2 heterocycles. The smallest absolute Gasteiger partial charge is 0.193 e. The van der Waals surface area contributed by atoms with E-state index in [1.165, 1.54) is 0 Å². The van der Waals surface area contributed by atoms with Crippen molar-refractivity contribution in [1.29, 1.82) is 0 Å². The molecule has 1 aromatic heterocycles. The average Bonchev–Trinajstić information content (AvgIpc) is 2.92. The van der Waals surface area contributed by atoms with Gasteiger partial charge in [0.25, 0.3) is 0 Å². The van der Waals surface area contributed by atoms with E-state index in [0.717, 1.165) is 37.9 Å². The summed E-state index contributed by atoms with van der Waals surface area (Å²) in [6.45, 7) is 4.13. The molecule has 0 radical (unpaired) electrons. The van der Waals surface area contributed by atoms with E-state index in [9.17, 15) is 0 Å². The van der Waals surface area contributed by atoms with Crippen molar-refractivity contribution in [2.45, 2.75) is 12.6 Å². The van der Waals surface area contributed by atoms with Crippen molar-refractivity contribution in [3.8, 4) is 0 Å². The number of likely N-dealkylation sites (N-methyl/N-ethyl adjacent to an activating group) is 1. The van der Waals surface area contributed by atoms with Gasteiger partial charge in [-0.1, -0.05) is 5.16 Å². The first-order valence-electron chi connectivity index (χ1n) is 6.80. The molecule has 21 heavy (non-hydrogen) atoms. The third kappa shape index (κ3) is 5.79. The Balaban J connectivity index is 0.00000220. The summed E-state index contributed by atoms with van der Waals surface area (Å²) in [7, 11) is 5.86. The summed E-state index contributed by atoms with van der Waals surface area (Å²) < 4.78 is 10.6. The Bertz CT molecular complexity index is 426. The number of hydrogen-bond acceptors (Lipinski definition) is 5. The van der Waals surface area contributed by atoms with Crippen molar-refractivity contribution in [1.82, 2.24) is 20.3 Å². The Morgan fingerprint density at radius 1 is 1.62 bits per heavy atom. The first-order chi connectivity index (χ1) is 9.69. The second kappa shape index (κ2) is 9.21. The largest absolute Gasteiger partial charge is 0.374 e. The van der Waals surface area contributed by atoms with E-state index in [-0.39, 0.29) is 30.1 Å². The summed E-state index contributed by atoms with van der Waals surface area (Å²) in [5.41, 5.74) is 0.879. The molecule has 1 aromatic rings. The van der Waals surface area contributed by atoms with E-state index in [2.05, 4.69) is 27.4 Å².